The molecule has 1 saturated heterocycles. The summed E-state index contributed by atoms with van der Waals surface area (Å²) in [4.78, 5) is 34.2. The van der Waals surface area contributed by atoms with Crippen LogP contribution in [0.15, 0.2) is 41.1 Å². The summed E-state index contributed by atoms with van der Waals surface area (Å²) in [5.74, 6) is 0.710. The molecular weight excluding hydrogens is 426 g/mol. The molecule has 2 heterocycles. The third-order valence-electron chi connectivity index (χ3n) is 4.47. The zero-order chi connectivity index (χ0) is 19.9. The molecule has 0 spiro atoms. The van der Waals surface area contributed by atoms with Crippen molar-refractivity contribution >= 4 is 33.6 Å². The second-order valence-electron chi connectivity index (χ2n) is 6.31. The van der Waals surface area contributed by atoms with Crippen LogP contribution >= 0.6 is 15.9 Å². The lowest BCUT2D eigenvalue weighted by molar-refractivity contribution is -0.131. The first kappa shape index (κ1) is 20.1. The smallest absolute Gasteiger partial charge is 0.273 e. The molecule has 1 aliphatic heterocycles. The molecule has 1 aromatic carbocycles. The number of piperidine rings is 1. The van der Waals surface area contributed by atoms with E-state index in [-0.39, 0.29) is 30.2 Å². The van der Waals surface area contributed by atoms with Gasteiger partial charge in [-0.05, 0) is 28.1 Å². The van der Waals surface area contributed by atoms with Crippen molar-refractivity contribution in [3.63, 3.8) is 0 Å². The highest BCUT2D eigenvalue weighted by molar-refractivity contribution is 9.10. The topological polar surface area (TPSA) is 96.4 Å². The number of aromatic nitrogens is 2. The number of carbonyl (C=O) groups excluding carboxylic acids is 2. The highest BCUT2D eigenvalue weighted by atomic mass is 79.9. The summed E-state index contributed by atoms with van der Waals surface area (Å²) >= 11 is 3.48. The van der Waals surface area contributed by atoms with Gasteiger partial charge in [0.2, 0.25) is 5.91 Å². The van der Waals surface area contributed by atoms with Gasteiger partial charge < -0.3 is 20.3 Å². The second kappa shape index (κ2) is 9.50. The minimum atomic E-state index is -0.354. The molecule has 0 bridgehead atoms. The second-order valence-corrected chi connectivity index (χ2v) is 7.17. The fourth-order valence-electron chi connectivity index (χ4n) is 2.97. The fourth-order valence-corrected chi connectivity index (χ4v) is 3.34. The highest BCUT2D eigenvalue weighted by Gasteiger charge is 2.24. The Hall–Kier alpha value is -2.68. The zero-order valence-electron chi connectivity index (χ0n) is 15.5. The van der Waals surface area contributed by atoms with Gasteiger partial charge in [0.05, 0.1) is 11.0 Å². The van der Waals surface area contributed by atoms with Crippen LogP contribution in [0.4, 0.5) is 5.82 Å². The van der Waals surface area contributed by atoms with Crippen molar-refractivity contribution in [1.82, 2.24) is 20.2 Å². The summed E-state index contributed by atoms with van der Waals surface area (Å²) in [6.07, 6.45) is 4.52. The Morgan fingerprint density at radius 2 is 1.93 bits per heavy atom. The number of carbonyl (C=O) groups is 2. The first-order chi connectivity index (χ1) is 13.6. The van der Waals surface area contributed by atoms with E-state index < -0.39 is 0 Å². The standard InChI is InChI=1S/C19H22BrN5O3/c1-21-19(27)17-18(23-9-8-22-17)24-12-16(26)25-10-6-13(7-11-25)28-15-5-3-2-4-14(15)20/h2-5,8-9,13H,6-7,10-12H2,1H3,(H,21,27)(H,23,24). The van der Waals surface area contributed by atoms with E-state index in [0.717, 1.165) is 23.1 Å². The Labute approximate surface area is 171 Å². The van der Waals surface area contributed by atoms with Crippen LogP contribution in [0.3, 0.4) is 0 Å². The average molecular weight is 448 g/mol. The Balaban J connectivity index is 1.50. The Kier molecular flexibility index (Phi) is 6.80. The quantitative estimate of drug-likeness (QED) is 0.703. The number of anilines is 1. The Morgan fingerprint density at radius 3 is 2.64 bits per heavy atom. The number of halogens is 1. The minimum Gasteiger partial charge on any atom is -0.489 e. The SMILES string of the molecule is CNC(=O)c1nccnc1NCC(=O)N1CCC(Oc2ccccc2Br)CC1. The number of nitrogens with zero attached hydrogens (tertiary/aromatic N) is 3. The van der Waals surface area contributed by atoms with Crippen molar-refractivity contribution in [2.24, 2.45) is 0 Å². The molecule has 3 rings (SSSR count). The first-order valence-electron chi connectivity index (χ1n) is 9.04. The molecule has 9 heteroatoms. The van der Waals surface area contributed by atoms with Gasteiger partial charge in [-0.1, -0.05) is 12.1 Å². The molecule has 2 aromatic rings. The molecule has 1 aromatic heterocycles. The average Bonchev–Trinajstić information content (AvgIpc) is 2.74. The van der Waals surface area contributed by atoms with E-state index >= 15 is 0 Å². The molecule has 0 aliphatic carbocycles. The molecule has 8 nitrogen and oxygen atoms in total. The normalized spacial score (nSPS) is 14.4. The van der Waals surface area contributed by atoms with Crippen LogP contribution in [0.1, 0.15) is 23.3 Å². The number of rotatable bonds is 6. The van der Waals surface area contributed by atoms with Gasteiger partial charge in [-0.15, -0.1) is 0 Å². The molecule has 0 unspecified atom stereocenters. The summed E-state index contributed by atoms with van der Waals surface area (Å²) in [7, 11) is 1.52. The third-order valence-corrected chi connectivity index (χ3v) is 5.13. The molecule has 148 valence electrons. The van der Waals surface area contributed by atoms with Gasteiger partial charge in [-0.2, -0.15) is 0 Å². The number of hydrogen-bond acceptors (Lipinski definition) is 6. The van der Waals surface area contributed by atoms with Gasteiger partial charge >= 0.3 is 0 Å². The van der Waals surface area contributed by atoms with E-state index in [2.05, 4.69) is 36.5 Å². The lowest BCUT2D eigenvalue weighted by atomic mass is 10.1. The van der Waals surface area contributed by atoms with E-state index in [4.69, 9.17) is 4.74 Å². The maximum absolute atomic E-state index is 12.5. The predicted molar refractivity (Wildman–Crippen MR) is 108 cm³/mol. The lowest BCUT2D eigenvalue weighted by Crippen LogP contribution is -2.44. The molecule has 2 N–H and O–H groups in total. The van der Waals surface area contributed by atoms with Gasteiger partial charge in [0.25, 0.3) is 5.91 Å². The first-order valence-corrected chi connectivity index (χ1v) is 9.83. The summed E-state index contributed by atoms with van der Waals surface area (Å²) in [6.45, 7) is 1.30. The molecular formula is C19H22BrN5O3. The van der Waals surface area contributed by atoms with Crippen molar-refractivity contribution in [2.75, 3.05) is 32.0 Å². The van der Waals surface area contributed by atoms with Crippen LogP contribution in [0.2, 0.25) is 0 Å². The highest BCUT2D eigenvalue weighted by Crippen LogP contribution is 2.27. The molecule has 0 radical (unpaired) electrons. The predicted octanol–water partition coefficient (Wildman–Crippen LogP) is 2.08. The van der Waals surface area contributed by atoms with E-state index in [1.54, 1.807) is 4.90 Å². The van der Waals surface area contributed by atoms with Crippen molar-refractivity contribution in [3.8, 4) is 5.75 Å². The summed E-state index contributed by atoms with van der Waals surface area (Å²) in [5, 5.41) is 5.43. The van der Waals surface area contributed by atoms with Gasteiger partial charge in [-0.3, -0.25) is 9.59 Å². The van der Waals surface area contributed by atoms with Crippen LogP contribution in [0.5, 0.6) is 5.75 Å². The van der Waals surface area contributed by atoms with E-state index in [0.29, 0.717) is 18.9 Å². The molecule has 28 heavy (non-hydrogen) atoms. The van der Waals surface area contributed by atoms with Crippen LogP contribution in [0.25, 0.3) is 0 Å². The number of ether oxygens (including phenoxy) is 1. The number of amides is 2. The maximum atomic E-state index is 12.5. The minimum absolute atomic E-state index is 0.0483. The molecule has 1 fully saturated rings. The zero-order valence-corrected chi connectivity index (χ0v) is 17.1. The number of nitrogens with one attached hydrogen (secondary N) is 2. The number of para-hydroxylation sites is 1. The van der Waals surface area contributed by atoms with Crippen LogP contribution in [-0.4, -0.2) is 59.5 Å². The molecule has 0 saturated carbocycles. The number of benzene rings is 1. The van der Waals surface area contributed by atoms with E-state index in [1.807, 2.05) is 24.3 Å². The van der Waals surface area contributed by atoms with Crippen molar-refractivity contribution < 1.29 is 14.3 Å². The van der Waals surface area contributed by atoms with Crippen LogP contribution in [-0.2, 0) is 4.79 Å². The van der Waals surface area contributed by atoms with Gasteiger partial charge in [0.15, 0.2) is 11.5 Å². The van der Waals surface area contributed by atoms with Crippen LogP contribution in [0, 0.1) is 0 Å². The van der Waals surface area contributed by atoms with Gasteiger partial charge in [0.1, 0.15) is 11.9 Å². The fraction of sp³-hybridized carbons (Fsp3) is 0.368. The van der Waals surface area contributed by atoms with Crippen molar-refractivity contribution in [1.29, 1.82) is 0 Å². The third kappa shape index (κ3) is 4.98. The number of likely N-dealkylation sites (tertiary alicyclic amines) is 1. The lowest BCUT2D eigenvalue weighted by Gasteiger charge is -2.32. The Morgan fingerprint density at radius 1 is 1.21 bits per heavy atom. The monoisotopic (exact) mass is 447 g/mol. The largest absolute Gasteiger partial charge is 0.489 e. The summed E-state index contributed by atoms with van der Waals surface area (Å²) in [5.41, 5.74) is 0.165. The number of hydrogen-bond donors (Lipinski definition) is 2. The molecule has 0 atom stereocenters. The summed E-state index contributed by atoms with van der Waals surface area (Å²) in [6, 6.07) is 7.75. The Bertz CT molecular complexity index is 840. The van der Waals surface area contributed by atoms with Crippen molar-refractivity contribution in [3.05, 3.63) is 46.8 Å². The van der Waals surface area contributed by atoms with Crippen LogP contribution < -0.4 is 15.4 Å². The molecule has 2 amide bonds. The maximum Gasteiger partial charge on any atom is 0.273 e. The van der Waals surface area contributed by atoms with Crippen molar-refractivity contribution in [2.45, 2.75) is 18.9 Å². The molecule has 1 aliphatic rings. The van der Waals surface area contributed by atoms with E-state index in [1.165, 1.54) is 19.4 Å². The summed E-state index contributed by atoms with van der Waals surface area (Å²) < 4.78 is 6.96. The van der Waals surface area contributed by atoms with Gasteiger partial charge in [-0.25, -0.2) is 9.97 Å². The van der Waals surface area contributed by atoms with E-state index in [9.17, 15) is 9.59 Å². The van der Waals surface area contributed by atoms with Gasteiger partial charge in [0, 0.05) is 45.4 Å².